The third-order valence-corrected chi connectivity index (χ3v) is 2.58. The van der Waals surface area contributed by atoms with Crippen LogP contribution in [0.15, 0.2) is 40.0 Å². The zero-order valence-corrected chi connectivity index (χ0v) is 8.31. The third kappa shape index (κ3) is 1.88. The van der Waals surface area contributed by atoms with E-state index < -0.39 is 10.0 Å². The van der Waals surface area contributed by atoms with E-state index in [2.05, 4.69) is 14.9 Å². The Labute approximate surface area is 85.7 Å². The number of aromatic nitrogens is 2. The molecule has 7 heteroatoms. The Bertz CT molecular complexity index is 562. The van der Waals surface area contributed by atoms with Crippen molar-refractivity contribution < 1.29 is 13.0 Å². The van der Waals surface area contributed by atoms with Crippen LogP contribution in [-0.4, -0.2) is 18.7 Å². The molecule has 0 saturated heterocycles. The van der Waals surface area contributed by atoms with E-state index in [1.54, 1.807) is 30.3 Å². The van der Waals surface area contributed by atoms with E-state index in [1.807, 2.05) is 0 Å². The van der Waals surface area contributed by atoms with Crippen LogP contribution in [-0.2, 0) is 10.0 Å². The van der Waals surface area contributed by atoms with Crippen LogP contribution in [0.2, 0.25) is 0 Å². The lowest BCUT2D eigenvalue weighted by molar-refractivity contribution is 0.298. The number of hydrogen-bond donors (Lipinski definition) is 1. The van der Waals surface area contributed by atoms with Gasteiger partial charge in [-0.1, -0.05) is 30.3 Å². The lowest BCUT2D eigenvalue weighted by Crippen LogP contribution is -2.13. The van der Waals surface area contributed by atoms with Crippen molar-refractivity contribution in [3.05, 3.63) is 30.3 Å². The molecule has 0 bridgehead atoms. The minimum Gasteiger partial charge on any atom is -0.243 e. The summed E-state index contributed by atoms with van der Waals surface area (Å²) in [6, 6.07) is 8.67. The van der Waals surface area contributed by atoms with Gasteiger partial charge in [0.2, 0.25) is 5.03 Å². The van der Waals surface area contributed by atoms with Crippen LogP contribution in [0.25, 0.3) is 11.3 Å². The SMILES string of the molecule is NS(=O)(=O)c1nonc1-c1ccccc1. The lowest BCUT2D eigenvalue weighted by Gasteiger charge is -1.95. The number of nitrogens with zero attached hydrogens (tertiary/aromatic N) is 2. The van der Waals surface area contributed by atoms with Crippen LogP contribution in [0.1, 0.15) is 0 Å². The van der Waals surface area contributed by atoms with Gasteiger partial charge in [-0.3, -0.25) is 0 Å². The number of hydrogen-bond acceptors (Lipinski definition) is 5. The summed E-state index contributed by atoms with van der Waals surface area (Å²) in [4.78, 5) is 0. The Kier molecular flexibility index (Phi) is 2.25. The van der Waals surface area contributed by atoms with Crippen molar-refractivity contribution in [1.82, 2.24) is 10.3 Å². The molecule has 78 valence electrons. The monoisotopic (exact) mass is 225 g/mol. The molecule has 2 rings (SSSR count). The van der Waals surface area contributed by atoms with Crippen molar-refractivity contribution in [2.75, 3.05) is 0 Å². The molecule has 0 amide bonds. The van der Waals surface area contributed by atoms with Crippen molar-refractivity contribution in [3.63, 3.8) is 0 Å². The summed E-state index contributed by atoms with van der Waals surface area (Å²) in [5.74, 6) is 0. The smallest absolute Gasteiger partial charge is 0.243 e. The number of rotatable bonds is 2. The molecule has 0 aliphatic heterocycles. The van der Waals surface area contributed by atoms with Crippen molar-refractivity contribution >= 4 is 10.0 Å². The molecule has 6 nitrogen and oxygen atoms in total. The van der Waals surface area contributed by atoms with Crippen molar-refractivity contribution in [1.29, 1.82) is 0 Å². The molecule has 0 fully saturated rings. The van der Waals surface area contributed by atoms with Crippen LogP contribution < -0.4 is 5.14 Å². The second-order valence-corrected chi connectivity index (χ2v) is 4.31. The van der Waals surface area contributed by atoms with Gasteiger partial charge in [0.15, 0.2) is 5.69 Å². The predicted molar refractivity (Wildman–Crippen MR) is 51.1 cm³/mol. The van der Waals surface area contributed by atoms with E-state index in [-0.39, 0.29) is 10.7 Å². The summed E-state index contributed by atoms with van der Waals surface area (Å²) in [5.41, 5.74) is 0.709. The average molecular weight is 225 g/mol. The summed E-state index contributed by atoms with van der Waals surface area (Å²) < 4.78 is 26.6. The summed E-state index contributed by atoms with van der Waals surface area (Å²) in [6.07, 6.45) is 0. The maximum atomic E-state index is 11.1. The Morgan fingerprint density at radius 3 is 2.40 bits per heavy atom. The molecule has 0 atom stereocenters. The standard InChI is InChI=1S/C8H7N3O3S/c9-15(12,13)8-7(10-14-11-8)6-4-2-1-3-5-6/h1-5H,(H2,9,12,13). The minimum absolute atomic E-state index is 0.123. The van der Waals surface area contributed by atoms with E-state index in [0.29, 0.717) is 5.56 Å². The fraction of sp³-hybridized carbons (Fsp3) is 0. The molecule has 2 aromatic rings. The molecule has 1 heterocycles. The Balaban J connectivity index is 2.61. The molecular weight excluding hydrogens is 218 g/mol. The third-order valence-electron chi connectivity index (χ3n) is 1.78. The van der Waals surface area contributed by atoms with E-state index in [1.165, 1.54) is 0 Å². The molecular formula is C8H7N3O3S. The molecule has 1 aromatic heterocycles. The van der Waals surface area contributed by atoms with Crippen LogP contribution >= 0.6 is 0 Å². The Morgan fingerprint density at radius 2 is 1.80 bits per heavy atom. The quantitative estimate of drug-likeness (QED) is 0.796. The van der Waals surface area contributed by atoms with Gasteiger partial charge in [-0.25, -0.2) is 18.2 Å². The largest absolute Gasteiger partial charge is 0.261 e. The highest BCUT2D eigenvalue weighted by molar-refractivity contribution is 7.89. The molecule has 0 saturated carbocycles. The lowest BCUT2D eigenvalue weighted by atomic mass is 10.2. The molecule has 1 aromatic carbocycles. The fourth-order valence-electron chi connectivity index (χ4n) is 1.14. The van der Waals surface area contributed by atoms with Gasteiger partial charge < -0.3 is 0 Å². The van der Waals surface area contributed by atoms with Crippen molar-refractivity contribution in [2.45, 2.75) is 5.03 Å². The van der Waals surface area contributed by atoms with Gasteiger partial charge in [0.1, 0.15) is 0 Å². The molecule has 0 aliphatic rings. The number of primary sulfonamides is 1. The maximum absolute atomic E-state index is 11.1. The highest BCUT2D eigenvalue weighted by Crippen LogP contribution is 2.22. The first-order chi connectivity index (χ1) is 7.09. The first-order valence-corrected chi connectivity index (χ1v) is 5.54. The van der Waals surface area contributed by atoms with E-state index in [0.717, 1.165) is 0 Å². The summed E-state index contributed by atoms with van der Waals surface area (Å²) in [6.45, 7) is 0. The summed E-state index contributed by atoms with van der Waals surface area (Å²) in [7, 11) is -3.91. The zero-order chi connectivity index (χ0) is 10.9. The molecule has 0 spiro atoms. The first-order valence-electron chi connectivity index (χ1n) is 4.00. The molecule has 15 heavy (non-hydrogen) atoms. The second-order valence-electron chi connectivity index (χ2n) is 2.83. The highest BCUT2D eigenvalue weighted by atomic mass is 32.2. The van der Waals surface area contributed by atoms with Crippen molar-refractivity contribution in [2.24, 2.45) is 5.14 Å². The average Bonchev–Trinajstić information content (AvgIpc) is 2.67. The van der Waals surface area contributed by atoms with Gasteiger partial charge in [0, 0.05) is 5.56 Å². The first kappa shape index (κ1) is 9.81. The van der Waals surface area contributed by atoms with Gasteiger partial charge in [0.05, 0.1) is 0 Å². The highest BCUT2D eigenvalue weighted by Gasteiger charge is 2.21. The van der Waals surface area contributed by atoms with E-state index in [9.17, 15) is 8.42 Å². The van der Waals surface area contributed by atoms with Crippen LogP contribution in [0.4, 0.5) is 0 Å². The van der Waals surface area contributed by atoms with Gasteiger partial charge in [-0.05, 0) is 10.3 Å². The van der Waals surface area contributed by atoms with E-state index in [4.69, 9.17) is 5.14 Å². The topological polar surface area (TPSA) is 99.1 Å². The Hall–Kier alpha value is -1.73. The molecule has 2 N–H and O–H groups in total. The van der Waals surface area contributed by atoms with Gasteiger partial charge in [0.25, 0.3) is 10.0 Å². The van der Waals surface area contributed by atoms with Crippen LogP contribution in [0.5, 0.6) is 0 Å². The number of benzene rings is 1. The minimum atomic E-state index is -3.91. The molecule has 0 radical (unpaired) electrons. The molecule has 0 aliphatic carbocycles. The second kappa shape index (κ2) is 3.44. The Morgan fingerprint density at radius 1 is 1.13 bits per heavy atom. The number of nitrogens with two attached hydrogens (primary N) is 1. The van der Waals surface area contributed by atoms with Gasteiger partial charge >= 0.3 is 0 Å². The summed E-state index contributed by atoms with van der Waals surface area (Å²) in [5, 5.41) is 11.4. The van der Waals surface area contributed by atoms with Crippen molar-refractivity contribution in [3.8, 4) is 11.3 Å². The van der Waals surface area contributed by atoms with Crippen LogP contribution in [0.3, 0.4) is 0 Å². The maximum Gasteiger partial charge on any atom is 0.261 e. The molecule has 0 unspecified atom stereocenters. The predicted octanol–water partition coefficient (Wildman–Crippen LogP) is 0.384. The van der Waals surface area contributed by atoms with Gasteiger partial charge in [-0.2, -0.15) is 0 Å². The van der Waals surface area contributed by atoms with Crippen LogP contribution in [0, 0.1) is 0 Å². The van der Waals surface area contributed by atoms with Gasteiger partial charge in [-0.15, -0.1) is 0 Å². The fourth-order valence-corrected chi connectivity index (χ4v) is 1.70. The normalized spacial score (nSPS) is 11.5. The summed E-state index contributed by atoms with van der Waals surface area (Å²) >= 11 is 0. The van der Waals surface area contributed by atoms with E-state index >= 15 is 0 Å². The number of sulfonamides is 1. The zero-order valence-electron chi connectivity index (χ0n) is 7.49.